The average molecular weight is 341 g/mol. The molecular formula is C15H17ClN2O3S. The van der Waals surface area contributed by atoms with Crippen LogP contribution >= 0.6 is 23.8 Å². The Hall–Kier alpha value is -1.92. The van der Waals surface area contributed by atoms with Crippen LogP contribution in [0.25, 0.3) is 0 Å². The lowest BCUT2D eigenvalue weighted by atomic mass is 10.2. The third kappa shape index (κ3) is 4.05. The third-order valence-corrected chi connectivity index (χ3v) is 3.48. The van der Waals surface area contributed by atoms with Gasteiger partial charge in [0.15, 0.2) is 5.11 Å². The van der Waals surface area contributed by atoms with Gasteiger partial charge in [-0.05, 0) is 31.3 Å². The number of hydrogen-bond donors (Lipinski definition) is 2. The fourth-order valence-corrected chi connectivity index (χ4v) is 2.29. The molecule has 1 heterocycles. The molecule has 2 aromatic rings. The van der Waals surface area contributed by atoms with E-state index < -0.39 is 0 Å². The fraction of sp³-hybridized carbons (Fsp3) is 0.267. The predicted molar refractivity (Wildman–Crippen MR) is 91.1 cm³/mol. The van der Waals surface area contributed by atoms with Crippen LogP contribution in [0.2, 0.25) is 5.02 Å². The molecule has 1 aromatic heterocycles. The molecule has 0 aliphatic heterocycles. The Labute approximate surface area is 139 Å². The van der Waals surface area contributed by atoms with E-state index in [1.165, 1.54) is 0 Å². The summed E-state index contributed by atoms with van der Waals surface area (Å²) in [5.41, 5.74) is 0.664. The first-order valence-electron chi connectivity index (χ1n) is 6.55. The second-order valence-corrected chi connectivity index (χ2v) is 5.32. The van der Waals surface area contributed by atoms with Crippen molar-refractivity contribution in [3.05, 3.63) is 40.8 Å². The molecule has 0 unspecified atom stereocenters. The number of aryl methyl sites for hydroxylation is 1. The van der Waals surface area contributed by atoms with Gasteiger partial charge >= 0.3 is 0 Å². The standard InChI is InChI=1S/C15H17ClN2O3S/c1-9-4-5-10(21-9)8-17-15(22)18-12-7-13(19-2)11(16)6-14(12)20-3/h4-7H,8H2,1-3H3,(H2,17,18,22). The van der Waals surface area contributed by atoms with Crippen molar-refractivity contribution in [2.24, 2.45) is 0 Å². The zero-order valence-corrected chi connectivity index (χ0v) is 14.1. The second kappa shape index (κ2) is 7.38. The Morgan fingerprint density at radius 2 is 1.95 bits per heavy atom. The smallest absolute Gasteiger partial charge is 0.171 e. The van der Waals surface area contributed by atoms with Gasteiger partial charge in [-0.15, -0.1) is 0 Å². The van der Waals surface area contributed by atoms with Crippen LogP contribution in [-0.2, 0) is 6.54 Å². The lowest BCUT2D eigenvalue weighted by molar-refractivity contribution is 0.405. The van der Waals surface area contributed by atoms with E-state index in [2.05, 4.69) is 10.6 Å². The Kier molecular flexibility index (Phi) is 5.51. The lowest BCUT2D eigenvalue weighted by Crippen LogP contribution is -2.27. The summed E-state index contributed by atoms with van der Waals surface area (Å²) in [6.07, 6.45) is 0. The van der Waals surface area contributed by atoms with Gasteiger partial charge in [-0.2, -0.15) is 0 Å². The molecular weight excluding hydrogens is 324 g/mol. The fourth-order valence-electron chi connectivity index (χ4n) is 1.87. The number of nitrogens with one attached hydrogen (secondary N) is 2. The van der Waals surface area contributed by atoms with E-state index in [4.69, 9.17) is 37.7 Å². The molecule has 0 radical (unpaired) electrons. The number of furan rings is 1. The van der Waals surface area contributed by atoms with Crippen molar-refractivity contribution < 1.29 is 13.9 Å². The highest BCUT2D eigenvalue weighted by atomic mass is 35.5. The van der Waals surface area contributed by atoms with E-state index >= 15 is 0 Å². The molecule has 7 heteroatoms. The van der Waals surface area contributed by atoms with Crippen molar-refractivity contribution in [3.8, 4) is 11.5 Å². The van der Waals surface area contributed by atoms with Crippen molar-refractivity contribution in [1.29, 1.82) is 0 Å². The highest BCUT2D eigenvalue weighted by Crippen LogP contribution is 2.35. The largest absolute Gasteiger partial charge is 0.495 e. The maximum atomic E-state index is 6.07. The van der Waals surface area contributed by atoms with E-state index in [0.29, 0.717) is 33.9 Å². The zero-order valence-electron chi connectivity index (χ0n) is 12.5. The van der Waals surface area contributed by atoms with Crippen LogP contribution < -0.4 is 20.1 Å². The normalized spacial score (nSPS) is 10.2. The Morgan fingerprint density at radius 1 is 1.23 bits per heavy atom. The van der Waals surface area contributed by atoms with E-state index in [-0.39, 0.29) is 0 Å². The van der Waals surface area contributed by atoms with Crippen molar-refractivity contribution in [2.75, 3.05) is 19.5 Å². The van der Waals surface area contributed by atoms with E-state index in [1.54, 1.807) is 26.4 Å². The van der Waals surface area contributed by atoms with Gasteiger partial charge in [0.25, 0.3) is 0 Å². The SMILES string of the molecule is COc1cc(NC(=S)NCc2ccc(C)o2)c(OC)cc1Cl. The van der Waals surface area contributed by atoms with E-state index in [9.17, 15) is 0 Å². The summed E-state index contributed by atoms with van der Waals surface area (Å²) in [6.45, 7) is 2.39. The number of methoxy groups -OCH3 is 2. The molecule has 0 aliphatic rings. The Bertz CT molecular complexity index is 673. The van der Waals surface area contributed by atoms with Crippen LogP contribution in [0.3, 0.4) is 0 Å². The molecule has 22 heavy (non-hydrogen) atoms. The molecule has 1 aromatic carbocycles. The van der Waals surface area contributed by atoms with Crippen LogP contribution in [0.5, 0.6) is 11.5 Å². The minimum absolute atomic E-state index is 0.441. The first-order chi connectivity index (χ1) is 10.5. The van der Waals surface area contributed by atoms with Gasteiger partial charge in [-0.3, -0.25) is 0 Å². The average Bonchev–Trinajstić information content (AvgIpc) is 2.92. The minimum Gasteiger partial charge on any atom is -0.495 e. The molecule has 5 nitrogen and oxygen atoms in total. The van der Waals surface area contributed by atoms with Crippen molar-refractivity contribution in [1.82, 2.24) is 5.32 Å². The van der Waals surface area contributed by atoms with Gasteiger partial charge < -0.3 is 24.5 Å². The summed E-state index contributed by atoms with van der Waals surface area (Å²) >= 11 is 11.3. The van der Waals surface area contributed by atoms with E-state index in [1.807, 2.05) is 19.1 Å². The molecule has 0 atom stereocenters. The number of rotatable bonds is 5. The Balaban J connectivity index is 2.04. The van der Waals surface area contributed by atoms with Crippen LogP contribution in [0.4, 0.5) is 5.69 Å². The second-order valence-electron chi connectivity index (χ2n) is 4.51. The van der Waals surface area contributed by atoms with Gasteiger partial charge in [0, 0.05) is 12.1 Å². The molecule has 118 valence electrons. The van der Waals surface area contributed by atoms with Gasteiger partial charge in [-0.1, -0.05) is 11.6 Å². The lowest BCUT2D eigenvalue weighted by Gasteiger charge is -2.15. The van der Waals surface area contributed by atoms with Crippen LogP contribution in [-0.4, -0.2) is 19.3 Å². The number of halogens is 1. The topological polar surface area (TPSA) is 55.7 Å². The van der Waals surface area contributed by atoms with Gasteiger partial charge in [-0.25, -0.2) is 0 Å². The zero-order chi connectivity index (χ0) is 16.1. The molecule has 0 saturated heterocycles. The number of hydrogen-bond acceptors (Lipinski definition) is 4. The van der Waals surface area contributed by atoms with Gasteiger partial charge in [0.1, 0.15) is 23.0 Å². The number of benzene rings is 1. The predicted octanol–water partition coefficient (Wildman–Crippen LogP) is 3.75. The first kappa shape index (κ1) is 16.5. The summed E-state index contributed by atoms with van der Waals surface area (Å²) in [5.74, 6) is 2.78. The van der Waals surface area contributed by atoms with Gasteiger partial charge in [0.05, 0.1) is 31.5 Å². The molecule has 0 spiro atoms. The summed E-state index contributed by atoms with van der Waals surface area (Å²) in [7, 11) is 3.11. The minimum atomic E-state index is 0.441. The first-order valence-corrected chi connectivity index (χ1v) is 7.33. The highest BCUT2D eigenvalue weighted by Gasteiger charge is 2.11. The molecule has 0 aliphatic carbocycles. The van der Waals surface area contributed by atoms with Crippen molar-refractivity contribution in [2.45, 2.75) is 13.5 Å². The molecule has 0 amide bonds. The van der Waals surface area contributed by atoms with E-state index in [0.717, 1.165) is 11.5 Å². The maximum Gasteiger partial charge on any atom is 0.171 e. The quantitative estimate of drug-likeness (QED) is 0.809. The van der Waals surface area contributed by atoms with Crippen LogP contribution in [0.1, 0.15) is 11.5 Å². The molecule has 0 bridgehead atoms. The maximum absolute atomic E-state index is 6.07. The number of anilines is 1. The van der Waals surface area contributed by atoms with Crippen molar-refractivity contribution in [3.63, 3.8) is 0 Å². The third-order valence-electron chi connectivity index (χ3n) is 2.94. The number of thiocarbonyl (C=S) groups is 1. The summed E-state index contributed by atoms with van der Waals surface area (Å²) in [4.78, 5) is 0. The molecule has 2 N–H and O–H groups in total. The summed E-state index contributed by atoms with van der Waals surface area (Å²) in [6, 6.07) is 7.20. The summed E-state index contributed by atoms with van der Waals surface area (Å²) in [5, 5.41) is 7.03. The molecule has 0 fully saturated rings. The number of ether oxygens (including phenoxy) is 2. The van der Waals surface area contributed by atoms with Gasteiger partial charge in [0.2, 0.25) is 0 Å². The Morgan fingerprint density at radius 3 is 2.55 bits per heavy atom. The van der Waals surface area contributed by atoms with Crippen LogP contribution in [0.15, 0.2) is 28.7 Å². The van der Waals surface area contributed by atoms with Crippen LogP contribution in [0, 0.1) is 6.92 Å². The summed E-state index contributed by atoms with van der Waals surface area (Å²) < 4.78 is 15.9. The monoisotopic (exact) mass is 340 g/mol. The molecule has 2 rings (SSSR count). The van der Waals surface area contributed by atoms with Crippen molar-refractivity contribution >= 4 is 34.6 Å². The molecule has 0 saturated carbocycles. The highest BCUT2D eigenvalue weighted by molar-refractivity contribution is 7.80.